The van der Waals surface area contributed by atoms with Crippen molar-refractivity contribution in [3.05, 3.63) is 46.8 Å². The van der Waals surface area contributed by atoms with Crippen molar-refractivity contribution in [2.75, 3.05) is 7.11 Å². The summed E-state index contributed by atoms with van der Waals surface area (Å²) >= 11 is 0. The van der Waals surface area contributed by atoms with Gasteiger partial charge < -0.3 is 4.74 Å². The molecule has 0 spiro atoms. The second kappa shape index (κ2) is 5.48. The molecule has 0 amide bonds. The second-order valence-electron chi connectivity index (χ2n) is 4.15. The van der Waals surface area contributed by atoms with Gasteiger partial charge in [-0.1, -0.05) is 12.1 Å². The molecule has 0 N–H and O–H groups in total. The van der Waals surface area contributed by atoms with Crippen LogP contribution in [0.1, 0.15) is 6.92 Å². The van der Waals surface area contributed by atoms with Gasteiger partial charge in [0.25, 0.3) is 5.56 Å². The van der Waals surface area contributed by atoms with Crippen molar-refractivity contribution >= 4 is 5.78 Å². The highest BCUT2D eigenvalue weighted by atomic mass is 16.5. The van der Waals surface area contributed by atoms with Gasteiger partial charge in [-0.15, -0.1) is 0 Å². The lowest BCUT2D eigenvalue weighted by Crippen LogP contribution is -2.25. The molecule has 0 fully saturated rings. The third-order valence-corrected chi connectivity index (χ3v) is 2.60. The molecule has 0 saturated carbocycles. The number of ether oxygens (including phenoxy) is 1. The molecule has 1 aromatic heterocycles. The molecule has 98 valence electrons. The molecular formula is C14H14N2O3. The van der Waals surface area contributed by atoms with Crippen LogP contribution in [0, 0.1) is 0 Å². The topological polar surface area (TPSA) is 61.2 Å². The molecule has 0 aliphatic heterocycles. The van der Waals surface area contributed by atoms with Crippen LogP contribution in [0.15, 0.2) is 41.2 Å². The largest absolute Gasteiger partial charge is 0.497 e. The maximum absolute atomic E-state index is 11.6. The van der Waals surface area contributed by atoms with Crippen LogP contribution < -0.4 is 10.3 Å². The quantitative estimate of drug-likeness (QED) is 0.834. The molecule has 0 radical (unpaired) electrons. The van der Waals surface area contributed by atoms with Gasteiger partial charge in [0.1, 0.15) is 12.3 Å². The van der Waals surface area contributed by atoms with Crippen LogP contribution in [0.3, 0.4) is 0 Å². The smallest absolute Gasteiger partial charge is 0.267 e. The lowest BCUT2D eigenvalue weighted by Gasteiger charge is -2.06. The zero-order valence-electron chi connectivity index (χ0n) is 10.8. The van der Waals surface area contributed by atoms with E-state index in [-0.39, 0.29) is 17.9 Å². The Bertz CT molecular complexity index is 662. The first-order valence-corrected chi connectivity index (χ1v) is 5.82. The van der Waals surface area contributed by atoms with Crippen LogP contribution in [-0.2, 0) is 11.3 Å². The summed E-state index contributed by atoms with van der Waals surface area (Å²) in [5, 5.41) is 4.19. The summed E-state index contributed by atoms with van der Waals surface area (Å²) in [5.74, 6) is 0.598. The Morgan fingerprint density at radius 1 is 1.32 bits per heavy atom. The van der Waals surface area contributed by atoms with Crippen LogP contribution in [-0.4, -0.2) is 22.7 Å². The van der Waals surface area contributed by atoms with Gasteiger partial charge in [0.2, 0.25) is 0 Å². The predicted molar refractivity (Wildman–Crippen MR) is 71.2 cm³/mol. The van der Waals surface area contributed by atoms with E-state index in [1.165, 1.54) is 13.0 Å². The Labute approximate surface area is 110 Å². The third kappa shape index (κ3) is 3.07. The number of hydrogen-bond acceptors (Lipinski definition) is 4. The van der Waals surface area contributed by atoms with Crippen molar-refractivity contribution in [3.8, 4) is 17.0 Å². The maximum Gasteiger partial charge on any atom is 0.267 e. The van der Waals surface area contributed by atoms with Crippen molar-refractivity contribution < 1.29 is 9.53 Å². The van der Waals surface area contributed by atoms with Gasteiger partial charge in [-0.2, -0.15) is 5.10 Å². The molecule has 5 heteroatoms. The fourth-order valence-electron chi connectivity index (χ4n) is 1.71. The molecule has 0 aliphatic rings. The van der Waals surface area contributed by atoms with Crippen molar-refractivity contribution in [2.24, 2.45) is 0 Å². The number of carbonyl (C=O) groups excluding carboxylic acids is 1. The van der Waals surface area contributed by atoms with Crippen LogP contribution in [0.25, 0.3) is 11.3 Å². The first kappa shape index (κ1) is 13.0. The van der Waals surface area contributed by atoms with E-state index >= 15 is 0 Å². The summed E-state index contributed by atoms with van der Waals surface area (Å²) < 4.78 is 6.31. The molecule has 0 aliphatic carbocycles. The Morgan fingerprint density at radius 3 is 2.79 bits per heavy atom. The summed E-state index contributed by atoms with van der Waals surface area (Å²) in [6.45, 7) is 1.41. The average molecular weight is 258 g/mol. The number of rotatable bonds is 4. The zero-order chi connectivity index (χ0) is 13.8. The number of aromatic nitrogens is 2. The molecule has 0 bridgehead atoms. The normalized spacial score (nSPS) is 10.2. The molecule has 5 nitrogen and oxygen atoms in total. The Hall–Kier alpha value is -2.43. The molecular weight excluding hydrogens is 244 g/mol. The van der Waals surface area contributed by atoms with Crippen molar-refractivity contribution in [1.29, 1.82) is 0 Å². The van der Waals surface area contributed by atoms with E-state index in [0.717, 1.165) is 10.2 Å². The lowest BCUT2D eigenvalue weighted by atomic mass is 10.1. The monoisotopic (exact) mass is 258 g/mol. The lowest BCUT2D eigenvalue weighted by molar-refractivity contribution is -0.117. The minimum absolute atomic E-state index is 0.0172. The van der Waals surface area contributed by atoms with Gasteiger partial charge in [0, 0.05) is 11.6 Å². The molecule has 0 atom stereocenters. The molecule has 19 heavy (non-hydrogen) atoms. The van der Waals surface area contributed by atoms with Crippen molar-refractivity contribution in [1.82, 2.24) is 9.78 Å². The minimum atomic E-state index is -0.290. The summed E-state index contributed by atoms with van der Waals surface area (Å²) in [5.41, 5.74) is 1.17. The summed E-state index contributed by atoms with van der Waals surface area (Å²) in [6, 6.07) is 10.4. The molecule has 1 aromatic carbocycles. The predicted octanol–water partition coefficient (Wildman–Crippen LogP) is 1.51. The Morgan fingerprint density at radius 2 is 2.11 bits per heavy atom. The van der Waals surface area contributed by atoms with Gasteiger partial charge in [-0.3, -0.25) is 9.59 Å². The van der Waals surface area contributed by atoms with Crippen LogP contribution in [0.5, 0.6) is 5.75 Å². The number of methoxy groups -OCH3 is 1. The van der Waals surface area contributed by atoms with Gasteiger partial charge in [-0.25, -0.2) is 4.68 Å². The van der Waals surface area contributed by atoms with Gasteiger partial charge in [0.05, 0.1) is 12.8 Å². The highest BCUT2D eigenvalue weighted by Gasteiger charge is 2.06. The van der Waals surface area contributed by atoms with E-state index in [4.69, 9.17) is 4.74 Å². The van der Waals surface area contributed by atoms with E-state index < -0.39 is 0 Å². The van der Waals surface area contributed by atoms with E-state index in [0.29, 0.717) is 11.4 Å². The van der Waals surface area contributed by atoms with Crippen LogP contribution in [0.2, 0.25) is 0 Å². The minimum Gasteiger partial charge on any atom is -0.497 e. The third-order valence-electron chi connectivity index (χ3n) is 2.60. The summed E-state index contributed by atoms with van der Waals surface area (Å²) in [6.07, 6.45) is 0. The number of ketones is 1. The van der Waals surface area contributed by atoms with E-state index in [2.05, 4.69) is 5.10 Å². The maximum atomic E-state index is 11.6. The average Bonchev–Trinajstić information content (AvgIpc) is 2.41. The summed E-state index contributed by atoms with van der Waals surface area (Å²) in [7, 11) is 1.59. The van der Waals surface area contributed by atoms with E-state index in [1.807, 2.05) is 24.3 Å². The molecule has 2 aromatic rings. The highest BCUT2D eigenvalue weighted by Crippen LogP contribution is 2.20. The second-order valence-corrected chi connectivity index (χ2v) is 4.15. The van der Waals surface area contributed by atoms with Crippen molar-refractivity contribution in [3.63, 3.8) is 0 Å². The number of benzene rings is 1. The van der Waals surface area contributed by atoms with Gasteiger partial charge in [-0.05, 0) is 25.1 Å². The first-order chi connectivity index (χ1) is 9.10. The first-order valence-electron chi connectivity index (χ1n) is 5.82. The zero-order valence-corrected chi connectivity index (χ0v) is 10.8. The molecule has 0 saturated heterocycles. The van der Waals surface area contributed by atoms with Crippen molar-refractivity contribution in [2.45, 2.75) is 13.5 Å². The Kier molecular flexibility index (Phi) is 3.75. The number of hydrogen-bond donors (Lipinski definition) is 0. The van der Waals surface area contributed by atoms with E-state index in [9.17, 15) is 9.59 Å². The fourth-order valence-corrected chi connectivity index (χ4v) is 1.71. The number of carbonyl (C=O) groups is 1. The molecule has 1 heterocycles. The molecule has 2 rings (SSSR count). The number of Topliss-reactive ketones (excluding diaryl/α,β-unsaturated/α-hetero) is 1. The molecule has 0 unspecified atom stereocenters. The van der Waals surface area contributed by atoms with Crippen LogP contribution in [0.4, 0.5) is 0 Å². The highest BCUT2D eigenvalue weighted by molar-refractivity contribution is 5.75. The number of nitrogens with zero attached hydrogens (tertiary/aromatic N) is 2. The SMILES string of the molecule is COc1cccc(-c2ccc(=O)n(CC(C)=O)n2)c1. The Balaban J connectivity index is 2.44. The standard InChI is InChI=1S/C14H14N2O3/c1-10(17)9-16-14(18)7-6-13(15-16)11-4-3-5-12(8-11)19-2/h3-8H,9H2,1-2H3. The fraction of sp³-hybridized carbons (Fsp3) is 0.214. The van der Waals surface area contributed by atoms with Gasteiger partial charge in [0.15, 0.2) is 5.78 Å². The van der Waals surface area contributed by atoms with E-state index in [1.54, 1.807) is 13.2 Å². The summed E-state index contributed by atoms with van der Waals surface area (Å²) in [4.78, 5) is 22.7. The van der Waals surface area contributed by atoms with Gasteiger partial charge >= 0.3 is 0 Å². The van der Waals surface area contributed by atoms with Crippen LogP contribution >= 0.6 is 0 Å².